The Kier molecular flexibility index (Phi) is 7.71. The third kappa shape index (κ3) is 6.18. The number of carbonyl (C=O) groups excluding carboxylic acids is 1. The van der Waals surface area contributed by atoms with Gasteiger partial charge in [0.2, 0.25) is 0 Å². The topological polar surface area (TPSA) is 139 Å². The van der Waals surface area contributed by atoms with Crippen molar-refractivity contribution in [1.82, 2.24) is 19.7 Å². The summed E-state index contributed by atoms with van der Waals surface area (Å²) in [4.78, 5) is 16.3. The molecule has 0 amide bonds. The summed E-state index contributed by atoms with van der Waals surface area (Å²) < 4.78 is 38.1. The first-order chi connectivity index (χ1) is 16.7. The van der Waals surface area contributed by atoms with Crippen LogP contribution in [-0.2, 0) is 23.4 Å². The minimum atomic E-state index is -3.95. The third-order valence-electron chi connectivity index (χ3n) is 5.40. The Morgan fingerprint density at radius 2 is 2.00 bits per heavy atom. The van der Waals surface area contributed by atoms with E-state index in [-0.39, 0.29) is 24.9 Å². The van der Waals surface area contributed by atoms with E-state index in [9.17, 15) is 9.36 Å². The fraction of sp³-hybridized carbons (Fsp3) is 0.435. The van der Waals surface area contributed by atoms with Gasteiger partial charge in [-0.2, -0.15) is 10.2 Å². The van der Waals surface area contributed by atoms with E-state index in [1.54, 1.807) is 49.6 Å². The van der Waals surface area contributed by atoms with Crippen LogP contribution in [0.2, 0.25) is 0 Å². The molecular weight excluding hydrogens is 473 g/mol. The van der Waals surface area contributed by atoms with Gasteiger partial charge in [-0.25, -0.2) is 14.1 Å². The molecule has 3 aromatic rings. The number of hydrogen-bond acceptors (Lipinski definition) is 9. The summed E-state index contributed by atoms with van der Waals surface area (Å²) in [6.45, 7) is 5.02. The van der Waals surface area contributed by atoms with Crippen LogP contribution in [0.25, 0.3) is 5.52 Å². The molecule has 1 aliphatic rings. The van der Waals surface area contributed by atoms with E-state index >= 15 is 0 Å². The van der Waals surface area contributed by atoms with Crippen LogP contribution >= 0.6 is 7.75 Å². The van der Waals surface area contributed by atoms with Gasteiger partial charge in [-0.05, 0) is 57.9 Å². The molecule has 4 atom stereocenters. The highest BCUT2D eigenvalue weighted by Gasteiger charge is 2.36. The Morgan fingerprint density at radius 3 is 2.74 bits per heavy atom. The largest absolute Gasteiger partial charge is 0.462 e. The number of nitrogens with two attached hydrogens (primary N) is 1. The van der Waals surface area contributed by atoms with E-state index in [1.807, 2.05) is 18.2 Å². The zero-order valence-corrected chi connectivity index (χ0v) is 20.8. The van der Waals surface area contributed by atoms with Crippen LogP contribution in [-0.4, -0.2) is 45.4 Å². The fourth-order valence-corrected chi connectivity index (χ4v) is 5.30. The summed E-state index contributed by atoms with van der Waals surface area (Å²) >= 11 is 0. The lowest BCUT2D eigenvalue weighted by atomic mass is 10.1. The Morgan fingerprint density at radius 1 is 1.23 bits per heavy atom. The van der Waals surface area contributed by atoms with Crippen molar-refractivity contribution in [2.24, 2.45) is 0 Å². The van der Waals surface area contributed by atoms with Crippen LogP contribution in [0.5, 0.6) is 5.75 Å². The van der Waals surface area contributed by atoms with Crippen molar-refractivity contribution in [3.8, 4) is 5.75 Å². The SMILES string of the molecule is CC(C)OC(=O)[C@H](C)NP(=O)(OC[C@@H]1CC[C@H](c2ccc3c(N)ncnn23)O1)Oc1ccccc1. The Hall–Kier alpha value is -2.98. The highest BCUT2D eigenvalue weighted by molar-refractivity contribution is 7.52. The number of rotatable bonds is 10. The average Bonchev–Trinajstić information content (AvgIpc) is 3.45. The number of aromatic nitrogens is 3. The molecule has 1 unspecified atom stereocenters. The first kappa shape index (κ1) is 25.1. The van der Waals surface area contributed by atoms with E-state index in [2.05, 4.69) is 15.2 Å². The maximum Gasteiger partial charge on any atom is 0.459 e. The molecule has 1 aromatic carbocycles. The molecule has 0 bridgehead atoms. The minimum absolute atomic E-state index is 0.00000961. The van der Waals surface area contributed by atoms with Gasteiger partial charge in [-0.1, -0.05) is 18.2 Å². The van der Waals surface area contributed by atoms with Crippen molar-refractivity contribution in [2.75, 3.05) is 12.3 Å². The number of ether oxygens (including phenoxy) is 2. The van der Waals surface area contributed by atoms with Crippen molar-refractivity contribution in [3.63, 3.8) is 0 Å². The quantitative estimate of drug-likeness (QED) is 0.311. The molecule has 0 aliphatic carbocycles. The van der Waals surface area contributed by atoms with Crippen LogP contribution in [0.4, 0.5) is 5.82 Å². The van der Waals surface area contributed by atoms with Gasteiger partial charge in [0.15, 0.2) is 5.82 Å². The molecule has 1 aliphatic heterocycles. The lowest BCUT2D eigenvalue weighted by molar-refractivity contribution is -0.149. The summed E-state index contributed by atoms with van der Waals surface area (Å²) in [6.07, 6.45) is 1.92. The number of esters is 1. The first-order valence-electron chi connectivity index (χ1n) is 11.4. The van der Waals surface area contributed by atoms with Crippen LogP contribution in [0.1, 0.15) is 45.4 Å². The molecule has 0 spiro atoms. The maximum atomic E-state index is 13.6. The molecule has 0 saturated carbocycles. The van der Waals surface area contributed by atoms with Crippen molar-refractivity contribution >= 4 is 25.1 Å². The molecule has 0 radical (unpaired) electrons. The van der Waals surface area contributed by atoms with Crippen LogP contribution < -0.4 is 15.3 Å². The lowest BCUT2D eigenvalue weighted by Gasteiger charge is -2.24. The molecule has 4 rings (SSSR count). The second-order valence-corrected chi connectivity index (χ2v) is 10.3. The second-order valence-electron chi connectivity index (χ2n) is 8.56. The van der Waals surface area contributed by atoms with Crippen molar-refractivity contribution in [1.29, 1.82) is 0 Å². The number of fused-ring (bicyclic) bond motifs is 1. The standard InChI is InChI=1S/C23H30N5O6P/c1-15(2)32-23(29)16(3)27-35(30,34-17-7-5-4-6-8-17)31-13-18-9-12-21(33-18)19-10-11-20-22(24)25-14-26-28(19)20/h4-8,10-11,14-16,18,21H,9,12-13H2,1-3H3,(H,27,30)(H2,24,25,26)/t16-,18-,21+,35?/m0/s1. The van der Waals surface area contributed by atoms with Crippen LogP contribution in [0.15, 0.2) is 48.8 Å². The lowest BCUT2D eigenvalue weighted by Crippen LogP contribution is -2.36. The molecule has 35 heavy (non-hydrogen) atoms. The second kappa shape index (κ2) is 10.7. The number of nitrogen functional groups attached to an aromatic ring is 1. The zero-order chi connectivity index (χ0) is 25.0. The van der Waals surface area contributed by atoms with Gasteiger partial charge in [-0.15, -0.1) is 0 Å². The van der Waals surface area contributed by atoms with Crippen molar-refractivity contribution < 1.29 is 27.9 Å². The summed E-state index contributed by atoms with van der Waals surface area (Å²) in [7, 11) is -3.95. The van der Waals surface area contributed by atoms with Crippen molar-refractivity contribution in [2.45, 2.75) is 58.0 Å². The number of benzene rings is 1. The van der Waals surface area contributed by atoms with Gasteiger partial charge in [0, 0.05) is 0 Å². The highest BCUT2D eigenvalue weighted by Crippen LogP contribution is 2.46. The van der Waals surface area contributed by atoms with E-state index < -0.39 is 19.8 Å². The van der Waals surface area contributed by atoms with Gasteiger partial charge < -0.3 is 19.7 Å². The van der Waals surface area contributed by atoms with Gasteiger partial charge in [0.05, 0.1) is 24.5 Å². The molecular formula is C23H30N5O6P. The molecule has 12 heteroatoms. The Labute approximate surface area is 203 Å². The highest BCUT2D eigenvalue weighted by atomic mass is 31.2. The molecule has 188 valence electrons. The minimum Gasteiger partial charge on any atom is -0.462 e. The number of carbonyl (C=O) groups is 1. The first-order valence-corrected chi connectivity index (χ1v) is 13.0. The van der Waals surface area contributed by atoms with E-state index in [0.717, 1.165) is 12.1 Å². The number of nitrogens with zero attached hydrogens (tertiary/aromatic N) is 3. The predicted octanol–water partition coefficient (Wildman–Crippen LogP) is 3.67. The van der Waals surface area contributed by atoms with Crippen LogP contribution in [0, 0.1) is 0 Å². The normalized spacial score (nSPS) is 20.6. The van der Waals surface area contributed by atoms with E-state index in [1.165, 1.54) is 6.33 Å². The molecule has 11 nitrogen and oxygen atoms in total. The number of nitrogens with one attached hydrogen (secondary N) is 1. The number of hydrogen-bond donors (Lipinski definition) is 2. The Bertz CT molecular complexity index is 1200. The van der Waals surface area contributed by atoms with Gasteiger partial charge in [-0.3, -0.25) is 9.32 Å². The molecule has 3 heterocycles. The van der Waals surface area contributed by atoms with Gasteiger partial charge in [0.25, 0.3) is 0 Å². The number of para-hydroxylation sites is 1. The summed E-state index contributed by atoms with van der Waals surface area (Å²) in [5.41, 5.74) is 7.48. The third-order valence-corrected chi connectivity index (χ3v) is 7.05. The van der Waals surface area contributed by atoms with Gasteiger partial charge >= 0.3 is 13.7 Å². The number of anilines is 1. The Balaban J connectivity index is 1.43. The smallest absolute Gasteiger partial charge is 0.459 e. The molecule has 1 saturated heterocycles. The molecule has 1 fully saturated rings. The summed E-state index contributed by atoms with van der Waals surface area (Å²) in [6, 6.07) is 11.5. The molecule has 2 aromatic heterocycles. The van der Waals surface area contributed by atoms with E-state index in [0.29, 0.717) is 23.5 Å². The summed E-state index contributed by atoms with van der Waals surface area (Å²) in [5, 5.41) is 6.96. The fourth-order valence-electron chi connectivity index (χ4n) is 3.78. The van der Waals surface area contributed by atoms with Crippen molar-refractivity contribution in [3.05, 3.63) is 54.5 Å². The average molecular weight is 503 g/mol. The predicted molar refractivity (Wildman–Crippen MR) is 129 cm³/mol. The summed E-state index contributed by atoms with van der Waals surface area (Å²) in [5.74, 6) is 0.174. The molecule has 3 N–H and O–H groups in total. The van der Waals surface area contributed by atoms with Crippen LogP contribution in [0.3, 0.4) is 0 Å². The maximum absolute atomic E-state index is 13.6. The monoisotopic (exact) mass is 503 g/mol. The van der Waals surface area contributed by atoms with E-state index in [4.69, 9.17) is 24.3 Å². The van der Waals surface area contributed by atoms with Gasteiger partial charge in [0.1, 0.15) is 29.7 Å². The zero-order valence-electron chi connectivity index (χ0n) is 19.9.